The van der Waals surface area contributed by atoms with Crippen molar-refractivity contribution in [2.24, 2.45) is 28.7 Å². The first-order valence-corrected chi connectivity index (χ1v) is 15.1. The fraction of sp³-hybridized carbons (Fsp3) is 0.926. The summed E-state index contributed by atoms with van der Waals surface area (Å²) >= 11 is 0. The second kappa shape index (κ2) is 12.6. The summed E-state index contributed by atoms with van der Waals surface area (Å²) in [7, 11) is 0. The lowest BCUT2D eigenvalue weighted by molar-refractivity contribution is -0.139. The fourth-order valence-corrected chi connectivity index (χ4v) is 7.78. The number of piperazine rings is 1. The van der Waals surface area contributed by atoms with Crippen molar-refractivity contribution in [3.8, 4) is 0 Å². The summed E-state index contributed by atoms with van der Waals surface area (Å²) in [6.07, 6.45) is 3.22. The summed E-state index contributed by atoms with van der Waals surface area (Å²) < 4.78 is 30.0. The number of hydrogen-bond acceptors (Lipinski definition) is 8. The first-order valence-electron chi connectivity index (χ1n) is 15.1. The van der Waals surface area contributed by atoms with Crippen molar-refractivity contribution in [3.05, 3.63) is 0 Å². The third-order valence-corrected chi connectivity index (χ3v) is 10.1. The summed E-state index contributed by atoms with van der Waals surface area (Å²) in [4.78, 5) is 30.6. The van der Waals surface area contributed by atoms with Crippen LogP contribution < -0.4 is 32.7 Å². The average molecular weight is 555 g/mol. The fourth-order valence-electron chi connectivity index (χ4n) is 7.78. The standard InChI is InChI=1S/C27H48F2N8O2/c28-18-4-7-27(5-2-1-3-6-27)23(34-14-18)21(24(30)31)25(38)35-20-16-33-15-19(29)22(20)36-8-10-37(11-9-36)26(39)17-12-32-13-17/h17-24,32-34H,1-16,30-31H2,(H,35,38). The lowest BCUT2D eigenvalue weighted by Gasteiger charge is -2.48. The molecule has 12 heteroatoms. The van der Waals surface area contributed by atoms with Gasteiger partial charge < -0.3 is 37.6 Å². The van der Waals surface area contributed by atoms with E-state index in [9.17, 15) is 14.0 Å². The minimum Gasteiger partial charge on any atom is -0.350 e. The van der Waals surface area contributed by atoms with Crippen LogP contribution in [0.1, 0.15) is 44.9 Å². The molecule has 0 radical (unpaired) electrons. The minimum absolute atomic E-state index is 0.0477. The number of hydrogen-bond donors (Lipinski definition) is 6. The van der Waals surface area contributed by atoms with Gasteiger partial charge in [-0.2, -0.15) is 0 Å². The van der Waals surface area contributed by atoms with E-state index in [-0.39, 0.29) is 42.3 Å². The number of nitrogens with one attached hydrogen (secondary N) is 4. The summed E-state index contributed by atoms with van der Waals surface area (Å²) in [5.41, 5.74) is 12.3. The molecular formula is C27H48F2N8O2. The molecule has 0 aromatic rings. The van der Waals surface area contributed by atoms with E-state index in [0.29, 0.717) is 45.6 Å². The number of piperidine rings is 1. The average Bonchev–Trinajstić information content (AvgIpc) is 3.03. The maximum absolute atomic E-state index is 15.4. The van der Waals surface area contributed by atoms with Gasteiger partial charge in [-0.1, -0.05) is 19.3 Å². The molecule has 4 saturated heterocycles. The van der Waals surface area contributed by atoms with Gasteiger partial charge in [0.25, 0.3) is 0 Å². The van der Waals surface area contributed by atoms with Crippen LogP contribution in [-0.4, -0.2) is 117 Å². The topological polar surface area (TPSA) is 141 Å². The van der Waals surface area contributed by atoms with Crippen LogP contribution in [0.2, 0.25) is 0 Å². The molecule has 6 atom stereocenters. The molecule has 39 heavy (non-hydrogen) atoms. The van der Waals surface area contributed by atoms with Gasteiger partial charge >= 0.3 is 0 Å². The molecule has 5 aliphatic rings. The van der Waals surface area contributed by atoms with Crippen LogP contribution >= 0.6 is 0 Å². The first-order chi connectivity index (χ1) is 18.8. The van der Waals surface area contributed by atoms with Crippen molar-refractivity contribution in [1.82, 2.24) is 31.1 Å². The second-order valence-corrected chi connectivity index (χ2v) is 12.5. The summed E-state index contributed by atoms with van der Waals surface area (Å²) in [5.74, 6) is -0.823. The Labute approximate surface area is 230 Å². The van der Waals surface area contributed by atoms with Crippen molar-refractivity contribution in [3.63, 3.8) is 0 Å². The molecule has 1 saturated carbocycles. The Morgan fingerprint density at radius 2 is 1.59 bits per heavy atom. The van der Waals surface area contributed by atoms with Crippen LogP contribution in [0.25, 0.3) is 0 Å². The molecule has 1 aliphatic carbocycles. The minimum atomic E-state index is -1.17. The van der Waals surface area contributed by atoms with E-state index in [1.165, 1.54) is 0 Å². The van der Waals surface area contributed by atoms with Gasteiger partial charge in [0.1, 0.15) is 12.3 Å². The molecule has 0 aromatic heterocycles. The highest BCUT2D eigenvalue weighted by Crippen LogP contribution is 2.47. The monoisotopic (exact) mass is 554 g/mol. The Kier molecular flexibility index (Phi) is 9.39. The zero-order valence-corrected chi connectivity index (χ0v) is 23.1. The summed E-state index contributed by atoms with van der Waals surface area (Å²) in [5, 5.41) is 12.8. The molecule has 4 aliphatic heterocycles. The number of nitrogens with two attached hydrogens (primary N) is 2. The highest BCUT2D eigenvalue weighted by molar-refractivity contribution is 5.81. The predicted octanol–water partition coefficient (Wildman–Crippen LogP) is -0.955. The molecule has 4 heterocycles. The number of carbonyl (C=O) groups excluding carboxylic acids is 2. The molecule has 5 fully saturated rings. The Morgan fingerprint density at radius 1 is 0.897 bits per heavy atom. The molecule has 2 amide bonds. The van der Waals surface area contributed by atoms with Crippen LogP contribution in [0.15, 0.2) is 0 Å². The highest BCUT2D eigenvalue weighted by Gasteiger charge is 2.50. The number of amides is 2. The van der Waals surface area contributed by atoms with Crippen molar-refractivity contribution in [1.29, 1.82) is 0 Å². The number of rotatable bonds is 6. The highest BCUT2D eigenvalue weighted by atomic mass is 19.1. The quantitative estimate of drug-likeness (QED) is 0.231. The molecular weight excluding hydrogens is 506 g/mol. The van der Waals surface area contributed by atoms with Gasteiger partial charge in [0, 0.05) is 64.9 Å². The van der Waals surface area contributed by atoms with Gasteiger partial charge in [0.15, 0.2) is 0 Å². The van der Waals surface area contributed by atoms with Crippen LogP contribution in [-0.2, 0) is 9.59 Å². The molecule has 0 bridgehead atoms. The molecule has 1 spiro atoms. The maximum atomic E-state index is 15.4. The normalized spacial score (nSPS) is 35.3. The maximum Gasteiger partial charge on any atom is 0.228 e. The number of alkyl halides is 2. The Bertz CT molecular complexity index is 848. The van der Waals surface area contributed by atoms with E-state index < -0.39 is 36.5 Å². The summed E-state index contributed by atoms with van der Waals surface area (Å²) in [6, 6.07) is -1.30. The van der Waals surface area contributed by atoms with Gasteiger partial charge in [0.05, 0.1) is 30.1 Å². The Hall–Kier alpha value is -1.44. The molecule has 0 aromatic carbocycles. The zero-order valence-electron chi connectivity index (χ0n) is 23.1. The molecule has 6 unspecified atom stereocenters. The molecule has 222 valence electrons. The van der Waals surface area contributed by atoms with Gasteiger partial charge in [0.2, 0.25) is 11.8 Å². The molecule has 10 nitrogen and oxygen atoms in total. The second-order valence-electron chi connectivity index (χ2n) is 12.5. The zero-order chi connectivity index (χ0) is 27.6. The van der Waals surface area contributed by atoms with Crippen LogP contribution in [0.4, 0.5) is 8.78 Å². The molecule has 8 N–H and O–H groups in total. The Balaban J connectivity index is 1.28. The smallest absolute Gasteiger partial charge is 0.228 e. The van der Waals surface area contributed by atoms with Crippen molar-refractivity contribution in [2.45, 2.75) is 81.6 Å². The van der Waals surface area contributed by atoms with Crippen LogP contribution in [0.3, 0.4) is 0 Å². The number of halogens is 2. The van der Waals surface area contributed by atoms with Gasteiger partial charge in [-0.25, -0.2) is 8.78 Å². The largest absolute Gasteiger partial charge is 0.350 e. The summed E-state index contributed by atoms with van der Waals surface area (Å²) in [6.45, 7) is 4.53. The van der Waals surface area contributed by atoms with Crippen molar-refractivity contribution < 1.29 is 18.4 Å². The first kappa shape index (κ1) is 29.1. The lowest BCUT2D eigenvalue weighted by atomic mass is 9.63. The Morgan fingerprint density at radius 3 is 2.23 bits per heavy atom. The van der Waals surface area contributed by atoms with Gasteiger partial charge in [-0.05, 0) is 31.1 Å². The van der Waals surface area contributed by atoms with Crippen molar-refractivity contribution >= 4 is 11.8 Å². The van der Waals surface area contributed by atoms with E-state index >= 15 is 4.39 Å². The van der Waals surface area contributed by atoms with E-state index in [4.69, 9.17) is 11.5 Å². The van der Waals surface area contributed by atoms with E-state index in [1.807, 2.05) is 4.90 Å². The van der Waals surface area contributed by atoms with Gasteiger partial charge in [-0.3, -0.25) is 14.5 Å². The van der Waals surface area contributed by atoms with Crippen LogP contribution in [0, 0.1) is 17.3 Å². The predicted molar refractivity (Wildman–Crippen MR) is 145 cm³/mol. The van der Waals surface area contributed by atoms with E-state index in [2.05, 4.69) is 26.2 Å². The third-order valence-electron chi connectivity index (χ3n) is 10.1. The SMILES string of the molecule is NC(N)C(C(=O)NC1CNCC(F)C1N1CCN(C(=O)C2CNC2)CC1)C1NCC(F)CCC12CCCCC2. The lowest BCUT2D eigenvalue weighted by Crippen LogP contribution is -2.69. The van der Waals surface area contributed by atoms with Crippen LogP contribution in [0.5, 0.6) is 0 Å². The number of nitrogens with zero attached hydrogens (tertiary/aromatic N) is 2. The van der Waals surface area contributed by atoms with E-state index in [1.54, 1.807) is 0 Å². The number of carbonyl (C=O) groups is 2. The molecule has 5 rings (SSSR count). The van der Waals surface area contributed by atoms with Crippen molar-refractivity contribution in [2.75, 3.05) is 58.9 Å². The van der Waals surface area contributed by atoms with E-state index in [0.717, 1.165) is 45.2 Å². The van der Waals surface area contributed by atoms with Gasteiger partial charge in [-0.15, -0.1) is 0 Å². The third kappa shape index (κ3) is 6.25.